The maximum Gasteiger partial charge on any atom is 0.215 e. The Balaban J connectivity index is 1.96. The molecule has 0 N–H and O–H groups in total. The van der Waals surface area contributed by atoms with Crippen LogP contribution < -0.4 is 0 Å². The summed E-state index contributed by atoms with van der Waals surface area (Å²) in [4.78, 5) is 2.22. The van der Waals surface area contributed by atoms with E-state index in [0.29, 0.717) is 5.82 Å². The molecule has 2 aliphatic rings. The lowest BCUT2D eigenvalue weighted by atomic mass is 10.1. The van der Waals surface area contributed by atoms with Crippen molar-refractivity contribution in [2.24, 2.45) is 20.7 Å². The van der Waals surface area contributed by atoms with E-state index >= 15 is 0 Å². The minimum absolute atomic E-state index is 0.622. The third kappa shape index (κ3) is 1.66. The van der Waals surface area contributed by atoms with E-state index in [0.717, 1.165) is 13.1 Å². The monoisotopic (exact) mass is 165 g/mol. The molecule has 2 rings (SSSR count). The molecule has 0 amide bonds. The summed E-state index contributed by atoms with van der Waals surface area (Å²) in [6, 6.07) is 0. The first-order chi connectivity index (χ1) is 5.95. The summed E-state index contributed by atoms with van der Waals surface area (Å²) in [7, 11) is 0. The highest BCUT2D eigenvalue weighted by Gasteiger charge is 2.08. The van der Waals surface area contributed by atoms with Gasteiger partial charge in [-0.3, -0.25) is 0 Å². The molecule has 1 saturated heterocycles. The minimum Gasteiger partial charge on any atom is -0.374 e. The largest absolute Gasteiger partial charge is 0.374 e. The molecule has 0 aromatic heterocycles. The van der Waals surface area contributed by atoms with Gasteiger partial charge in [0.25, 0.3) is 0 Å². The Hall–Kier alpha value is -1.26. The zero-order chi connectivity index (χ0) is 8.23. The van der Waals surface area contributed by atoms with Gasteiger partial charge in [0.15, 0.2) is 0 Å². The lowest BCUT2D eigenvalue weighted by molar-refractivity contribution is 0.307. The second-order valence-electron chi connectivity index (χ2n) is 2.96. The quantitative estimate of drug-likeness (QED) is 0.587. The maximum atomic E-state index is 3.74. The fraction of sp³-hybridized carbons (Fsp3) is 0.714. The van der Waals surface area contributed by atoms with Gasteiger partial charge in [0.1, 0.15) is 0 Å². The Labute approximate surface area is 70.9 Å². The summed E-state index contributed by atoms with van der Waals surface area (Å²) in [6.07, 6.45) is 5.79. The summed E-state index contributed by atoms with van der Waals surface area (Å²) < 4.78 is 0. The van der Waals surface area contributed by atoms with Crippen LogP contribution in [0.4, 0.5) is 0 Å². The number of hydrogen-bond acceptors (Lipinski definition) is 5. The van der Waals surface area contributed by atoms with Gasteiger partial charge in [-0.2, -0.15) is 0 Å². The fourth-order valence-corrected chi connectivity index (χ4v) is 1.41. The zero-order valence-corrected chi connectivity index (χ0v) is 6.85. The summed E-state index contributed by atoms with van der Waals surface area (Å²) in [5.74, 6) is 0.622. The molecule has 12 heavy (non-hydrogen) atoms. The van der Waals surface area contributed by atoms with Crippen molar-refractivity contribution in [1.82, 2.24) is 4.90 Å². The summed E-state index contributed by atoms with van der Waals surface area (Å²) in [5, 5.41) is 14.3. The highest BCUT2D eigenvalue weighted by Crippen LogP contribution is 2.14. The predicted octanol–water partition coefficient (Wildman–Crippen LogP) is 2.10. The number of nitrogens with zero attached hydrogens (tertiary/aromatic N) is 5. The summed E-state index contributed by atoms with van der Waals surface area (Å²) >= 11 is 0. The van der Waals surface area contributed by atoms with Crippen molar-refractivity contribution >= 4 is 0 Å². The molecule has 2 aliphatic heterocycles. The summed E-state index contributed by atoms with van der Waals surface area (Å²) in [5.41, 5.74) is 0. The second kappa shape index (κ2) is 3.42. The molecule has 0 aliphatic carbocycles. The minimum atomic E-state index is 0.622. The maximum absolute atomic E-state index is 3.74. The van der Waals surface area contributed by atoms with Gasteiger partial charge in [0.05, 0.1) is 0 Å². The fourth-order valence-electron chi connectivity index (χ4n) is 1.41. The van der Waals surface area contributed by atoms with Crippen molar-refractivity contribution in [3.05, 3.63) is 12.0 Å². The van der Waals surface area contributed by atoms with Crippen molar-refractivity contribution in [2.75, 3.05) is 13.1 Å². The Kier molecular flexibility index (Phi) is 2.11. The van der Waals surface area contributed by atoms with Gasteiger partial charge in [-0.15, -0.1) is 10.2 Å². The van der Waals surface area contributed by atoms with Gasteiger partial charge in [-0.05, 0) is 29.7 Å². The normalized spacial score (nSPS) is 22.0. The van der Waals surface area contributed by atoms with Crippen LogP contribution in [0.25, 0.3) is 0 Å². The van der Waals surface area contributed by atoms with Crippen LogP contribution in [0.1, 0.15) is 19.3 Å². The smallest absolute Gasteiger partial charge is 0.215 e. The molecule has 1 fully saturated rings. The van der Waals surface area contributed by atoms with Crippen LogP contribution in [0.3, 0.4) is 0 Å². The first-order valence-electron chi connectivity index (χ1n) is 4.23. The zero-order valence-electron chi connectivity index (χ0n) is 6.85. The average molecular weight is 165 g/mol. The third-order valence-corrected chi connectivity index (χ3v) is 2.02. The van der Waals surface area contributed by atoms with E-state index in [1.165, 1.54) is 19.3 Å². The number of likely N-dealkylation sites (tertiary alicyclic amines) is 1. The lowest BCUT2D eigenvalue weighted by Gasteiger charge is -2.24. The van der Waals surface area contributed by atoms with E-state index < -0.39 is 0 Å². The Morgan fingerprint density at radius 1 is 1.00 bits per heavy atom. The Bertz CT molecular complexity index is 222. The Morgan fingerprint density at radius 2 is 1.67 bits per heavy atom. The van der Waals surface area contributed by atoms with E-state index in [1.807, 2.05) is 6.20 Å². The molecule has 0 atom stereocenters. The van der Waals surface area contributed by atoms with Crippen LogP contribution in [0.5, 0.6) is 0 Å². The van der Waals surface area contributed by atoms with E-state index in [1.54, 1.807) is 0 Å². The molecule has 0 aromatic carbocycles. The highest BCUT2D eigenvalue weighted by molar-refractivity contribution is 4.97. The SMILES string of the molecule is C(=C1N=NN=N1)N1CCCCC1. The average Bonchev–Trinajstić information content (AvgIpc) is 2.59. The van der Waals surface area contributed by atoms with Crippen molar-refractivity contribution in [1.29, 1.82) is 0 Å². The number of hydrogen-bond donors (Lipinski definition) is 0. The first kappa shape index (κ1) is 7.39. The molecule has 0 saturated carbocycles. The number of piperidine rings is 1. The molecular weight excluding hydrogens is 154 g/mol. The van der Waals surface area contributed by atoms with Gasteiger partial charge < -0.3 is 4.90 Å². The molecule has 0 unspecified atom stereocenters. The number of rotatable bonds is 1. The molecular formula is C7H11N5. The molecule has 0 spiro atoms. The standard InChI is InChI=1S/C7H11N5/c1-2-4-12(5-3-1)6-7-8-10-11-9-7/h6H,1-5H2. The molecule has 0 aromatic rings. The van der Waals surface area contributed by atoms with Crippen LogP contribution in [0, 0.1) is 0 Å². The van der Waals surface area contributed by atoms with Gasteiger partial charge in [0.2, 0.25) is 5.82 Å². The van der Waals surface area contributed by atoms with Crippen LogP contribution >= 0.6 is 0 Å². The van der Waals surface area contributed by atoms with Crippen LogP contribution in [-0.4, -0.2) is 18.0 Å². The molecule has 0 bridgehead atoms. The first-order valence-corrected chi connectivity index (χ1v) is 4.23. The van der Waals surface area contributed by atoms with Crippen molar-refractivity contribution in [3.8, 4) is 0 Å². The molecule has 2 heterocycles. The van der Waals surface area contributed by atoms with E-state index in [-0.39, 0.29) is 0 Å². The van der Waals surface area contributed by atoms with Gasteiger partial charge in [-0.1, -0.05) is 0 Å². The van der Waals surface area contributed by atoms with E-state index in [9.17, 15) is 0 Å². The molecule has 64 valence electrons. The summed E-state index contributed by atoms with van der Waals surface area (Å²) in [6.45, 7) is 2.21. The van der Waals surface area contributed by atoms with Crippen LogP contribution in [0.15, 0.2) is 32.7 Å². The van der Waals surface area contributed by atoms with Crippen LogP contribution in [0.2, 0.25) is 0 Å². The second-order valence-corrected chi connectivity index (χ2v) is 2.96. The van der Waals surface area contributed by atoms with Crippen molar-refractivity contribution in [2.45, 2.75) is 19.3 Å². The topological polar surface area (TPSA) is 52.7 Å². The van der Waals surface area contributed by atoms with Crippen molar-refractivity contribution in [3.63, 3.8) is 0 Å². The predicted molar refractivity (Wildman–Crippen MR) is 43.2 cm³/mol. The van der Waals surface area contributed by atoms with Gasteiger partial charge in [0, 0.05) is 19.3 Å². The van der Waals surface area contributed by atoms with Crippen molar-refractivity contribution < 1.29 is 0 Å². The lowest BCUT2D eigenvalue weighted by Crippen LogP contribution is -2.24. The van der Waals surface area contributed by atoms with Crippen LogP contribution in [-0.2, 0) is 0 Å². The van der Waals surface area contributed by atoms with E-state index in [4.69, 9.17) is 0 Å². The van der Waals surface area contributed by atoms with E-state index in [2.05, 4.69) is 25.6 Å². The highest BCUT2D eigenvalue weighted by atomic mass is 15.5. The Morgan fingerprint density at radius 3 is 2.33 bits per heavy atom. The molecule has 5 heteroatoms. The van der Waals surface area contributed by atoms with Gasteiger partial charge >= 0.3 is 0 Å². The third-order valence-electron chi connectivity index (χ3n) is 2.02. The van der Waals surface area contributed by atoms with Gasteiger partial charge in [-0.25, -0.2) is 0 Å². The molecule has 0 radical (unpaired) electrons. The molecule has 5 nitrogen and oxygen atoms in total.